The normalized spacial score (nSPS) is 18.9. The van der Waals surface area contributed by atoms with Crippen molar-refractivity contribution in [3.05, 3.63) is 23.8 Å². The van der Waals surface area contributed by atoms with Crippen molar-refractivity contribution < 1.29 is 9.47 Å². The standard InChI is InChI=1S/C11H15NO2/c1-12-6-8-7-14-10-5-3-4-9(13-2)11(8)10/h3-5,8,12H,6-7H2,1-2H3. The van der Waals surface area contributed by atoms with Gasteiger partial charge in [-0.3, -0.25) is 0 Å². The van der Waals surface area contributed by atoms with Gasteiger partial charge in [-0.1, -0.05) is 6.07 Å². The minimum atomic E-state index is 0.408. The molecule has 0 spiro atoms. The molecule has 1 heterocycles. The summed E-state index contributed by atoms with van der Waals surface area (Å²) in [6.07, 6.45) is 0. The third-order valence-electron chi connectivity index (χ3n) is 2.54. The monoisotopic (exact) mass is 193 g/mol. The summed E-state index contributed by atoms with van der Waals surface area (Å²) in [6.45, 7) is 1.67. The Balaban J connectivity index is 2.35. The zero-order valence-electron chi connectivity index (χ0n) is 8.54. The molecule has 76 valence electrons. The highest BCUT2D eigenvalue weighted by atomic mass is 16.5. The summed E-state index contributed by atoms with van der Waals surface area (Å²) in [7, 11) is 3.65. The quantitative estimate of drug-likeness (QED) is 0.787. The van der Waals surface area contributed by atoms with E-state index in [1.165, 1.54) is 5.56 Å². The Morgan fingerprint density at radius 1 is 1.57 bits per heavy atom. The van der Waals surface area contributed by atoms with E-state index < -0.39 is 0 Å². The van der Waals surface area contributed by atoms with Crippen LogP contribution >= 0.6 is 0 Å². The SMILES string of the molecule is CNCC1COc2cccc(OC)c21. The van der Waals surface area contributed by atoms with Gasteiger partial charge in [0.2, 0.25) is 0 Å². The maximum absolute atomic E-state index is 5.59. The van der Waals surface area contributed by atoms with Crippen LogP contribution < -0.4 is 14.8 Å². The van der Waals surface area contributed by atoms with E-state index in [1.807, 2.05) is 25.2 Å². The van der Waals surface area contributed by atoms with Gasteiger partial charge in [-0.2, -0.15) is 0 Å². The summed E-state index contributed by atoms with van der Waals surface area (Å²) < 4.78 is 10.9. The smallest absolute Gasteiger partial charge is 0.126 e. The number of nitrogens with one attached hydrogen (secondary N) is 1. The van der Waals surface area contributed by atoms with Gasteiger partial charge in [0.05, 0.1) is 13.7 Å². The number of ether oxygens (including phenoxy) is 2. The summed E-state index contributed by atoms with van der Waals surface area (Å²) in [4.78, 5) is 0. The fraction of sp³-hybridized carbons (Fsp3) is 0.455. The molecule has 1 N–H and O–H groups in total. The van der Waals surface area contributed by atoms with Crippen molar-refractivity contribution in [1.82, 2.24) is 5.32 Å². The Labute approximate surface area is 84.0 Å². The average molecular weight is 193 g/mol. The van der Waals surface area contributed by atoms with Crippen LogP contribution in [0.25, 0.3) is 0 Å². The Morgan fingerprint density at radius 2 is 2.43 bits per heavy atom. The minimum absolute atomic E-state index is 0.408. The molecule has 1 atom stereocenters. The second kappa shape index (κ2) is 3.88. The lowest BCUT2D eigenvalue weighted by Gasteiger charge is -2.11. The first-order valence-electron chi connectivity index (χ1n) is 4.81. The number of hydrogen-bond donors (Lipinski definition) is 1. The maximum atomic E-state index is 5.59. The van der Waals surface area contributed by atoms with E-state index in [4.69, 9.17) is 9.47 Å². The Kier molecular flexibility index (Phi) is 2.59. The van der Waals surface area contributed by atoms with E-state index in [0.29, 0.717) is 5.92 Å². The van der Waals surface area contributed by atoms with Gasteiger partial charge in [-0.15, -0.1) is 0 Å². The molecule has 1 aromatic rings. The van der Waals surface area contributed by atoms with Crippen molar-refractivity contribution in [2.24, 2.45) is 0 Å². The molecule has 3 nitrogen and oxygen atoms in total. The van der Waals surface area contributed by atoms with Gasteiger partial charge < -0.3 is 14.8 Å². The van der Waals surface area contributed by atoms with E-state index in [0.717, 1.165) is 24.7 Å². The number of rotatable bonds is 3. The summed E-state index contributed by atoms with van der Waals surface area (Å²) >= 11 is 0. The molecule has 0 bridgehead atoms. The third-order valence-corrected chi connectivity index (χ3v) is 2.54. The number of methoxy groups -OCH3 is 1. The second-order valence-electron chi connectivity index (χ2n) is 3.44. The first-order chi connectivity index (χ1) is 6.86. The van der Waals surface area contributed by atoms with E-state index in [2.05, 4.69) is 5.32 Å². The number of benzene rings is 1. The van der Waals surface area contributed by atoms with Gasteiger partial charge in [-0.05, 0) is 19.2 Å². The van der Waals surface area contributed by atoms with Crippen molar-refractivity contribution in [3.63, 3.8) is 0 Å². The summed E-state index contributed by atoms with van der Waals surface area (Å²) in [5.74, 6) is 2.30. The molecular weight excluding hydrogens is 178 g/mol. The van der Waals surface area contributed by atoms with Crippen molar-refractivity contribution in [3.8, 4) is 11.5 Å². The fourth-order valence-corrected chi connectivity index (χ4v) is 1.91. The third kappa shape index (κ3) is 1.44. The second-order valence-corrected chi connectivity index (χ2v) is 3.44. The molecule has 3 heteroatoms. The lowest BCUT2D eigenvalue weighted by molar-refractivity contribution is 0.328. The highest BCUT2D eigenvalue weighted by Crippen LogP contribution is 2.39. The molecule has 1 aliphatic heterocycles. The molecule has 14 heavy (non-hydrogen) atoms. The molecule has 0 aromatic heterocycles. The molecule has 0 aliphatic carbocycles. The minimum Gasteiger partial charge on any atom is -0.496 e. The number of likely N-dealkylation sites (N-methyl/N-ethyl adjacent to an activating group) is 1. The highest BCUT2D eigenvalue weighted by Gasteiger charge is 2.26. The zero-order valence-corrected chi connectivity index (χ0v) is 8.54. The van der Waals surface area contributed by atoms with Crippen LogP contribution in [-0.2, 0) is 0 Å². The van der Waals surface area contributed by atoms with Crippen LogP contribution in [-0.4, -0.2) is 27.3 Å². The maximum Gasteiger partial charge on any atom is 0.126 e. The summed E-state index contributed by atoms with van der Waals surface area (Å²) in [5, 5.41) is 3.17. The van der Waals surface area contributed by atoms with Crippen LogP contribution in [0.1, 0.15) is 11.5 Å². The molecule has 1 unspecified atom stereocenters. The van der Waals surface area contributed by atoms with E-state index in [9.17, 15) is 0 Å². The van der Waals surface area contributed by atoms with Crippen molar-refractivity contribution in [2.75, 3.05) is 27.3 Å². The van der Waals surface area contributed by atoms with Gasteiger partial charge in [0.15, 0.2) is 0 Å². The van der Waals surface area contributed by atoms with Gasteiger partial charge in [0.25, 0.3) is 0 Å². The van der Waals surface area contributed by atoms with Gasteiger partial charge in [-0.25, -0.2) is 0 Å². The first kappa shape index (κ1) is 9.34. The van der Waals surface area contributed by atoms with Crippen LogP contribution in [0.15, 0.2) is 18.2 Å². The van der Waals surface area contributed by atoms with E-state index in [1.54, 1.807) is 7.11 Å². The molecule has 0 saturated heterocycles. The van der Waals surface area contributed by atoms with E-state index >= 15 is 0 Å². The predicted octanol–water partition coefficient (Wildman–Crippen LogP) is 1.39. The molecule has 0 fully saturated rings. The average Bonchev–Trinajstić information content (AvgIpc) is 2.62. The zero-order chi connectivity index (χ0) is 9.97. The molecular formula is C11H15NO2. The molecule has 0 saturated carbocycles. The van der Waals surface area contributed by atoms with Gasteiger partial charge in [0, 0.05) is 18.0 Å². The molecule has 0 amide bonds. The highest BCUT2D eigenvalue weighted by molar-refractivity contribution is 5.49. The van der Waals surface area contributed by atoms with Gasteiger partial charge >= 0.3 is 0 Å². The van der Waals surface area contributed by atoms with E-state index in [-0.39, 0.29) is 0 Å². The molecule has 1 aliphatic rings. The lowest BCUT2D eigenvalue weighted by atomic mass is 10.0. The fourth-order valence-electron chi connectivity index (χ4n) is 1.91. The molecule has 0 radical (unpaired) electrons. The number of fused-ring (bicyclic) bond motifs is 1. The van der Waals surface area contributed by atoms with Crippen LogP contribution in [0.5, 0.6) is 11.5 Å². The van der Waals surface area contributed by atoms with Crippen molar-refractivity contribution in [1.29, 1.82) is 0 Å². The molecule has 2 rings (SSSR count). The Bertz CT molecular complexity index is 323. The van der Waals surface area contributed by atoms with Crippen LogP contribution in [0.2, 0.25) is 0 Å². The first-order valence-corrected chi connectivity index (χ1v) is 4.81. The lowest BCUT2D eigenvalue weighted by Crippen LogP contribution is -2.18. The van der Waals surface area contributed by atoms with Crippen molar-refractivity contribution in [2.45, 2.75) is 5.92 Å². The van der Waals surface area contributed by atoms with Crippen LogP contribution in [0.3, 0.4) is 0 Å². The van der Waals surface area contributed by atoms with Crippen LogP contribution in [0.4, 0.5) is 0 Å². The van der Waals surface area contributed by atoms with Crippen LogP contribution in [0, 0.1) is 0 Å². The summed E-state index contributed by atoms with van der Waals surface area (Å²) in [6, 6.07) is 5.93. The van der Waals surface area contributed by atoms with Crippen molar-refractivity contribution >= 4 is 0 Å². The Hall–Kier alpha value is -1.22. The number of hydrogen-bond acceptors (Lipinski definition) is 3. The Morgan fingerprint density at radius 3 is 3.14 bits per heavy atom. The topological polar surface area (TPSA) is 30.5 Å². The summed E-state index contributed by atoms with van der Waals surface area (Å²) in [5.41, 5.74) is 1.20. The molecule has 1 aromatic carbocycles. The largest absolute Gasteiger partial charge is 0.496 e. The predicted molar refractivity (Wildman–Crippen MR) is 55.2 cm³/mol. The van der Waals surface area contributed by atoms with Gasteiger partial charge in [0.1, 0.15) is 11.5 Å².